The van der Waals surface area contributed by atoms with Gasteiger partial charge in [0.15, 0.2) is 0 Å². The molecule has 1 heterocycles. The second-order valence-electron chi connectivity index (χ2n) is 9.82. The molecule has 0 spiro atoms. The van der Waals surface area contributed by atoms with E-state index in [9.17, 15) is 4.79 Å². The third kappa shape index (κ3) is 5.44. The maximum atomic E-state index is 12.6. The summed E-state index contributed by atoms with van der Waals surface area (Å²) in [5.74, 6) is 1.89. The largest absolute Gasteiger partial charge is 0.492 e. The normalized spacial score (nSPS) is 18.6. The summed E-state index contributed by atoms with van der Waals surface area (Å²) in [4.78, 5) is 15.1. The zero-order valence-corrected chi connectivity index (χ0v) is 20.0. The highest BCUT2D eigenvalue weighted by molar-refractivity contribution is 5.88. The van der Waals surface area contributed by atoms with E-state index in [0.29, 0.717) is 19.6 Å². The second-order valence-corrected chi connectivity index (χ2v) is 9.82. The first-order chi connectivity index (χ1) is 16.8. The molecule has 1 fully saturated rings. The van der Waals surface area contributed by atoms with Crippen molar-refractivity contribution in [3.05, 3.63) is 77.9 Å². The number of fused-ring (bicyclic) bond motifs is 2. The van der Waals surface area contributed by atoms with Crippen LogP contribution in [0.3, 0.4) is 0 Å². The minimum atomic E-state index is 0.191. The highest BCUT2D eigenvalue weighted by Crippen LogP contribution is 2.31. The Morgan fingerprint density at radius 1 is 0.971 bits per heavy atom. The lowest BCUT2D eigenvalue weighted by atomic mass is 9.92. The van der Waals surface area contributed by atoms with Crippen molar-refractivity contribution in [2.45, 2.75) is 51.0 Å². The highest BCUT2D eigenvalue weighted by atomic mass is 16.5. The summed E-state index contributed by atoms with van der Waals surface area (Å²) >= 11 is 0. The lowest BCUT2D eigenvalue weighted by Gasteiger charge is -2.37. The molecule has 0 bridgehead atoms. The number of hydrogen-bond acceptors (Lipinski definition) is 3. The van der Waals surface area contributed by atoms with Crippen molar-refractivity contribution < 1.29 is 9.53 Å². The molecular weight excluding hydrogens is 420 g/mol. The molecule has 2 aliphatic rings. The Labute approximate surface area is 203 Å². The van der Waals surface area contributed by atoms with Crippen LogP contribution in [0.1, 0.15) is 55.7 Å². The summed E-state index contributed by atoms with van der Waals surface area (Å²) in [5.41, 5.74) is 2.74. The summed E-state index contributed by atoms with van der Waals surface area (Å²) < 4.78 is 6.25. The Morgan fingerprint density at radius 2 is 1.76 bits per heavy atom. The number of hydrogen-bond donors (Lipinski definition) is 1. The zero-order chi connectivity index (χ0) is 23.2. The lowest BCUT2D eigenvalue weighted by molar-refractivity contribution is -0.121. The van der Waals surface area contributed by atoms with Crippen LogP contribution in [0.2, 0.25) is 0 Å². The molecule has 1 aliphatic heterocycles. The molecule has 4 nitrogen and oxygen atoms in total. The highest BCUT2D eigenvalue weighted by Gasteiger charge is 2.27. The molecule has 1 aliphatic carbocycles. The summed E-state index contributed by atoms with van der Waals surface area (Å²) in [5, 5.41) is 5.61. The van der Waals surface area contributed by atoms with Crippen molar-refractivity contribution in [2.75, 3.05) is 26.2 Å². The summed E-state index contributed by atoms with van der Waals surface area (Å²) in [7, 11) is 0. The van der Waals surface area contributed by atoms with E-state index in [1.54, 1.807) is 0 Å². The van der Waals surface area contributed by atoms with Crippen molar-refractivity contribution >= 4 is 16.7 Å². The standard InChI is InChI=1S/C30H36N2O2/c33-30(17-16-23-8-1-2-9-23)31-22-28-26-13-5-3-11-25(26)18-19-32(28)20-21-34-29-15-7-12-24-10-4-6-14-27(24)29/h3-7,10-15,23,28H,1-2,8-9,16-22H2,(H,31,33). The van der Waals surface area contributed by atoms with Crippen molar-refractivity contribution in [3.8, 4) is 5.75 Å². The van der Waals surface area contributed by atoms with Gasteiger partial charge in [-0.25, -0.2) is 0 Å². The molecule has 178 valence electrons. The maximum Gasteiger partial charge on any atom is 0.220 e. The van der Waals surface area contributed by atoms with E-state index in [1.807, 2.05) is 0 Å². The topological polar surface area (TPSA) is 41.6 Å². The summed E-state index contributed by atoms with van der Waals surface area (Å²) in [6, 6.07) is 23.5. The molecule has 1 saturated carbocycles. The molecule has 5 rings (SSSR count). The van der Waals surface area contributed by atoms with Crippen molar-refractivity contribution in [1.82, 2.24) is 10.2 Å². The van der Waals surface area contributed by atoms with E-state index in [4.69, 9.17) is 4.74 Å². The third-order valence-corrected chi connectivity index (χ3v) is 7.66. The third-order valence-electron chi connectivity index (χ3n) is 7.66. The van der Waals surface area contributed by atoms with Crippen LogP contribution in [0, 0.1) is 5.92 Å². The predicted octanol–water partition coefficient (Wildman–Crippen LogP) is 5.90. The minimum Gasteiger partial charge on any atom is -0.492 e. The first kappa shape index (κ1) is 22.9. The van der Waals surface area contributed by atoms with Crippen molar-refractivity contribution in [1.29, 1.82) is 0 Å². The fourth-order valence-electron chi connectivity index (χ4n) is 5.74. The van der Waals surface area contributed by atoms with E-state index in [2.05, 4.69) is 76.9 Å². The van der Waals surface area contributed by atoms with Crippen LogP contribution in [0.25, 0.3) is 10.8 Å². The number of benzene rings is 3. The fraction of sp³-hybridized carbons (Fsp3) is 0.433. The van der Waals surface area contributed by atoms with Gasteiger partial charge in [-0.2, -0.15) is 0 Å². The Bertz CT molecular complexity index is 1100. The smallest absolute Gasteiger partial charge is 0.220 e. The van der Waals surface area contributed by atoms with Gasteiger partial charge in [-0.3, -0.25) is 9.69 Å². The van der Waals surface area contributed by atoms with E-state index >= 15 is 0 Å². The Kier molecular flexibility index (Phi) is 7.45. The molecule has 3 aromatic carbocycles. The lowest BCUT2D eigenvalue weighted by Crippen LogP contribution is -2.43. The van der Waals surface area contributed by atoms with Gasteiger partial charge >= 0.3 is 0 Å². The van der Waals surface area contributed by atoms with Gasteiger partial charge in [0, 0.05) is 31.4 Å². The zero-order valence-electron chi connectivity index (χ0n) is 20.0. The average Bonchev–Trinajstić information content (AvgIpc) is 3.40. The van der Waals surface area contributed by atoms with Crippen molar-refractivity contribution in [3.63, 3.8) is 0 Å². The fourth-order valence-corrected chi connectivity index (χ4v) is 5.74. The van der Waals surface area contributed by atoms with Gasteiger partial charge in [0.1, 0.15) is 12.4 Å². The second kappa shape index (κ2) is 11.1. The van der Waals surface area contributed by atoms with Crippen LogP contribution >= 0.6 is 0 Å². The van der Waals surface area contributed by atoms with Crippen LogP contribution < -0.4 is 10.1 Å². The number of nitrogens with zero attached hydrogens (tertiary/aromatic N) is 1. The van der Waals surface area contributed by atoms with Gasteiger partial charge in [0.05, 0.1) is 6.04 Å². The average molecular weight is 457 g/mol. The predicted molar refractivity (Wildman–Crippen MR) is 138 cm³/mol. The number of amides is 1. The number of rotatable bonds is 9. The van der Waals surface area contributed by atoms with Crippen LogP contribution in [0.5, 0.6) is 5.75 Å². The number of ether oxygens (including phenoxy) is 1. The van der Waals surface area contributed by atoms with Gasteiger partial charge in [0.25, 0.3) is 0 Å². The van der Waals surface area contributed by atoms with E-state index in [-0.39, 0.29) is 11.9 Å². The van der Waals surface area contributed by atoms with Gasteiger partial charge in [-0.05, 0) is 41.3 Å². The van der Waals surface area contributed by atoms with Gasteiger partial charge in [0.2, 0.25) is 5.91 Å². The molecule has 4 heteroatoms. The molecule has 0 saturated heterocycles. The quantitative estimate of drug-likeness (QED) is 0.436. The molecule has 0 aromatic heterocycles. The van der Waals surface area contributed by atoms with Gasteiger partial charge in [-0.15, -0.1) is 0 Å². The Morgan fingerprint density at radius 3 is 2.68 bits per heavy atom. The minimum absolute atomic E-state index is 0.191. The number of carbonyl (C=O) groups excluding carboxylic acids is 1. The first-order valence-corrected chi connectivity index (χ1v) is 13.0. The monoisotopic (exact) mass is 456 g/mol. The maximum absolute atomic E-state index is 12.6. The summed E-state index contributed by atoms with van der Waals surface area (Å²) in [6.07, 6.45) is 8.00. The molecule has 1 atom stereocenters. The Hall–Kier alpha value is -2.85. The molecule has 1 amide bonds. The van der Waals surface area contributed by atoms with E-state index < -0.39 is 0 Å². The van der Waals surface area contributed by atoms with Gasteiger partial charge < -0.3 is 10.1 Å². The molecule has 0 radical (unpaired) electrons. The van der Waals surface area contributed by atoms with Crippen LogP contribution in [-0.2, 0) is 11.2 Å². The van der Waals surface area contributed by atoms with Crippen LogP contribution in [-0.4, -0.2) is 37.0 Å². The molecule has 34 heavy (non-hydrogen) atoms. The number of nitrogens with one attached hydrogen (secondary N) is 1. The molecular formula is C30H36N2O2. The van der Waals surface area contributed by atoms with E-state index in [1.165, 1.54) is 42.2 Å². The summed E-state index contributed by atoms with van der Waals surface area (Å²) in [6.45, 7) is 3.11. The molecule has 1 unspecified atom stereocenters. The van der Waals surface area contributed by atoms with Gasteiger partial charge in [-0.1, -0.05) is 86.3 Å². The first-order valence-electron chi connectivity index (χ1n) is 13.0. The van der Waals surface area contributed by atoms with Crippen LogP contribution in [0.15, 0.2) is 66.7 Å². The van der Waals surface area contributed by atoms with Crippen molar-refractivity contribution in [2.24, 2.45) is 5.92 Å². The van der Waals surface area contributed by atoms with Crippen LogP contribution in [0.4, 0.5) is 0 Å². The number of carbonyl (C=O) groups is 1. The Balaban J connectivity index is 1.20. The van der Waals surface area contributed by atoms with E-state index in [0.717, 1.165) is 43.0 Å². The molecule has 1 N–H and O–H groups in total. The molecule has 3 aromatic rings. The SMILES string of the molecule is O=C(CCC1CCCC1)NCC1c2ccccc2CCN1CCOc1cccc2ccccc12.